The molecule has 1 unspecified atom stereocenters. The molecule has 0 aliphatic rings. The molecule has 46 heavy (non-hydrogen) atoms. The molecule has 0 saturated heterocycles. The van der Waals surface area contributed by atoms with Crippen molar-refractivity contribution in [2.24, 2.45) is 0 Å². The van der Waals surface area contributed by atoms with Crippen molar-refractivity contribution in [1.29, 1.82) is 0 Å². The molecule has 0 bridgehead atoms. The van der Waals surface area contributed by atoms with Crippen molar-refractivity contribution in [1.82, 2.24) is 0 Å². The number of carboxylic acids is 1. The molecule has 1 atom stereocenters. The Labute approximate surface area is 316 Å². The van der Waals surface area contributed by atoms with Gasteiger partial charge in [-0.3, -0.25) is 9.59 Å². The molecule has 274 valence electrons. The first kappa shape index (κ1) is 50.5. The van der Waals surface area contributed by atoms with E-state index in [4.69, 9.17) is 20.1 Å². The van der Waals surface area contributed by atoms with E-state index < -0.39 is 12.1 Å². The number of ether oxygens (including phenoxy) is 1. The Kier molecular flexibility index (Phi) is 49.5. The molecule has 0 amide bonds. The molecule has 0 aliphatic carbocycles. The second-order valence-corrected chi connectivity index (χ2v) is 13.3. The van der Waals surface area contributed by atoms with Crippen LogP contribution in [0.15, 0.2) is 0 Å². The molecule has 0 radical (unpaired) electrons. The fourth-order valence-corrected chi connectivity index (χ4v) is 5.60. The number of aliphatic hydroxyl groups is 2. The molecule has 0 saturated carbocycles. The molecule has 3 N–H and O–H groups in total. The average Bonchev–Trinajstić information content (AvgIpc) is 3.03. The zero-order valence-corrected chi connectivity index (χ0v) is 30.2. The maximum absolute atomic E-state index is 11.4. The van der Waals surface area contributed by atoms with Crippen LogP contribution in [0.3, 0.4) is 0 Å². The zero-order chi connectivity index (χ0) is 33.5. The SMILES string of the molecule is CCCCCCCCCCCCCCCCCC(=O)O.CCCCCCCCCCCCCCCCCC(=O)OCC(O)CO.[CaH2]. The first-order valence-electron chi connectivity index (χ1n) is 19.6. The summed E-state index contributed by atoms with van der Waals surface area (Å²) < 4.78 is 4.86. The molecule has 0 fully saturated rings. The number of rotatable bonds is 35. The van der Waals surface area contributed by atoms with Gasteiger partial charge in [0.2, 0.25) is 0 Å². The van der Waals surface area contributed by atoms with Gasteiger partial charge in [0, 0.05) is 12.8 Å². The Morgan fingerprint density at radius 1 is 0.478 bits per heavy atom. The quantitative estimate of drug-likeness (QED) is 0.0349. The van der Waals surface area contributed by atoms with Crippen LogP contribution in [0.1, 0.15) is 219 Å². The van der Waals surface area contributed by atoms with Crippen LogP contribution in [0, 0.1) is 0 Å². The molecule has 0 aromatic heterocycles. The third kappa shape index (κ3) is 48.5. The number of hydrogen-bond donors (Lipinski definition) is 3. The monoisotopic (exact) mass is 685 g/mol. The molecular weight excluding hydrogens is 605 g/mol. The van der Waals surface area contributed by atoms with Crippen LogP contribution in [-0.2, 0) is 14.3 Å². The number of hydrogen-bond acceptors (Lipinski definition) is 5. The van der Waals surface area contributed by atoms with E-state index in [1.165, 1.54) is 167 Å². The summed E-state index contributed by atoms with van der Waals surface area (Å²) in [5.41, 5.74) is 0. The Morgan fingerprint density at radius 2 is 0.739 bits per heavy atom. The van der Waals surface area contributed by atoms with Gasteiger partial charge in [-0.2, -0.15) is 0 Å². The van der Waals surface area contributed by atoms with Crippen molar-refractivity contribution in [2.45, 2.75) is 225 Å². The van der Waals surface area contributed by atoms with E-state index in [9.17, 15) is 9.59 Å². The van der Waals surface area contributed by atoms with Gasteiger partial charge in [-0.05, 0) is 12.8 Å². The van der Waals surface area contributed by atoms with E-state index in [2.05, 4.69) is 13.8 Å². The van der Waals surface area contributed by atoms with Gasteiger partial charge < -0.3 is 20.1 Å². The molecule has 0 aromatic rings. The molecule has 7 heteroatoms. The Morgan fingerprint density at radius 3 is 1.00 bits per heavy atom. The Bertz CT molecular complexity index is 589. The number of aliphatic hydroxyl groups excluding tert-OH is 2. The van der Waals surface area contributed by atoms with Crippen LogP contribution in [0.4, 0.5) is 0 Å². The van der Waals surface area contributed by atoms with Gasteiger partial charge >= 0.3 is 49.7 Å². The summed E-state index contributed by atoms with van der Waals surface area (Å²) in [6.45, 7) is 4.06. The summed E-state index contributed by atoms with van der Waals surface area (Å²) in [4.78, 5) is 21.7. The Balaban J connectivity index is -0.000000806. The van der Waals surface area contributed by atoms with E-state index in [1.807, 2.05) is 0 Å². The van der Waals surface area contributed by atoms with Crippen molar-refractivity contribution in [3.63, 3.8) is 0 Å². The van der Waals surface area contributed by atoms with Gasteiger partial charge in [0.05, 0.1) is 6.61 Å². The van der Waals surface area contributed by atoms with Crippen LogP contribution in [-0.4, -0.2) is 84.3 Å². The third-order valence-corrected chi connectivity index (χ3v) is 8.63. The van der Waals surface area contributed by atoms with Gasteiger partial charge in [-0.25, -0.2) is 0 Å². The minimum absolute atomic E-state index is 0. The fourth-order valence-electron chi connectivity index (χ4n) is 5.60. The van der Waals surface area contributed by atoms with Crippen molar-refractivity contribution in [3.05, 3.63) is 0 Å². The first-order chi connectivity index (χ1) is 22.0. The summed E-state index contributed by atoms with van der Waals surface area (Å²) >= 11 is 0. The maximum atomic E-state index is 11.4. The Hall–Kier alpha value is 0.120. The van der Waals surface area contributed by atoms with E-state index >= 15 is 0 Å². The van der Waals surface area contributed by atoms with Crippen molar-refractivity contribution in [2.75, 3.05) is 13.2 Å². The van der Waals surface area contributed by atoms with E-state index in [0.717, 1.165) is 25.7 Å². The van der Waals surface area contributed by atoms with E-state index in [0.29, 0.717) is 12.8 Å². The molecule has 0 heterocycles. The fraction of sp³-hybridized carbons (Fsp3) is 0.949. The summed E-state index contributed by atoms with van der Waals surface area (Å²) in [5.74, 6) is -0.929. The van der Waals surface area contributed by atoms with Gasteiger partial charge in [0.25, 0.3) is 0 Å². The molecule has 0 rings (SSSR count). The standard InChI is InChI=1S/C21H42O4.C18H36O2.Ca.2H/c1-2-3-4-5-6-7-8-9-10-11-12-13-14-15-16-17-21(24)25-19-20(23)18-22;1-2-3-4-5-6-7-8-9-10-11-12-13-14-15-16-17-18(19)20;;;/h20,22-23H,2-19H2,1H3;2-17H2,1H3,(H,19,20);;;. The summed E-state index contributed by atoms with van der Waals surface area (Å²) in [7, 11) is 0. The van der Waals surface area contributed by atoms with E-state index in [-0.39, 0.29) is 56.9 Å². The van der Waals surface area contributed by atoms with Gasteiger partial charge in [0.15, 0.2) is 0 Å². The average molecular weight is 685 g/mol. The van der Waals surface area contributed by atoms with Crippen LogP contribution < -0.4 is 0 Å². The van der Waals surface area contributed by atoms with Crippen LogP contribution in [0.5, 0.6) is 0 Å². The molecule has 0 spiro atoms. The molecule has 0 aliphatic heterocycles. The van der Waals surface area contributed by atoms with Crippen molar-refractivity contribution in [3.8, 4) is 0 Å². The zero-order valence-electron chi connectivity index (χ0n) is 30.2. The number of carbonyl (C=O) groups excluding carboxylic acids is 1. The minimum atomic E-state index is -0.954. The number of carboxylic acid groups (broad SMARTS) is 1. The van der Waals surface area contributed by atoms with Crippen molar-refractivity contribution >= 4 is 49.7 Å². The van der Waals surface area contributed by atoms with Gasteiger partial charge in [-0.1, -0.05) is 194 Å². The third-order valence-electron chi connectivity index (χ3n) is 8.63. The molecular formula is C39H80CaO6. The first-order valence-corrected chi connectivity index (χ1v) is 19.6. The number of aliphatic carboxylic acids is 1. The number of esters is 1. The van der Waals surface area contributed by atoms with Crippen LogP contribution in [0.25, 0.3) is 0 Å². The van der Waals surface area contributed by atoms with Crippen LogP contribution >= 0.6 is 0 Å². The normalized spacial score (nSPS) is 11.4. The second-order valence-electron chi connectivity index (χ2n) is 13.3. The van der Waals surface area contributed by atoms with Gasteiger partial charge in [-0.15, -0.1) is 0 Å². The summed E-state index contributed by atoms with van der Waals surface area (Å²) in [5, 5.41) is 26.2. The topological polar surface area (TPSA) is 104 Å². The summed E-state index contributed by atoms with van der Waals surface area (Å²) in [6.07, 6.45) is 39.2. The number of unbranched alkanes of at least 4 members (excludes halogenated alkanes) is 28. The van der Waals surface area contributed by atoms with Crippen molar-refractivity contribution < 1.29 is 29.6 Å². The van der Waals surface area contributed by atoms with Gasteiger partial charge in [0.1, 0.15) is 12.7 Å². The van der Waals surface area contributed by atoms with E-state index in [1.54, 1.807) is 0 Å². The summed E-state index contributed by atoms with van der Waals surface area (Å²) in [6, 6.07) is 0. The molecule has 6 nitrogen and oxygen atoms in total. The predicted molar refractivity (Wildman–Crippen MR) is 199 cm³/mol. The predicted octanol–water partition coefficient (Wildman–Crippen LogP) is 10.6. The van der Waals surface area contributed by atoms with Crippen LogP contribution in [0.2, 0.25) is 0 Å². The number of carbonyl (C=O) groups is 2. The molecule has 0 aromatic carbocycles. The second kappa shape index (κ2) is 45.1.